The lowest BCUT2D eigenvalue weighted by molar-refractivity contribution is -0.119. The highest BCUT2D eigenvalue weighted by molar-refractivity contribution is 6.15. The molecule has 0 aromatic heterocycles. The van der Waals surface area contributed by atoms with Crippen molar-refractivity contribution in [3.05, 3.63) is 29.3 Å². The van der Waals surface area contributed by atoms with Gasteiger partial charge in [-0.05, 0) is 38.8 Å². The van der Waals surface area contributed by atoms with Crippen LogP contribution in [0.25, 0.3) is 0 Å². The van der Waals surface area contributed by atoms with E-state index in [0.29, 0.717) is 0 Å². The molecule has 90 valence electrons. The molecule has 3 nitrogen and oxygen atoms in total. The number of anilines is 1. The van der Waals surface area contributed by atoms with Crippen molar-refractivity contribution in [1.29, 1.82) is 0 Å². The maximum Gasteiger partial charge on any atom is 0.255 e. The molecule has 3 heteroatoms. The fourth-order valence-corrected chi connectivity index (χ4v) is 2.18. The molecule has 1 aromatic carbocycles. The summed E-state index contributed by atoms with van der Waals surface area (Å²) < 4.78 is 0. The molecule has 0 N–H and O–H groups in total. The number of carbonyl (C=O) groups is 1. The zero-order valence-electron chi connectivity index (χ0n) is 10.8. The summed E-state index contributed by atoms with van der Waals surface area (Å²) in [6.07, 6.45) is 0.828. The first kappa shape index (κ1) is 11.8. The Morgan fingerprint density at radius 3 is 2.59 bits per heavy atom. The molecule has 1 aromatic rings. The standard InChI is InChI=1S/C14H18N2O/c1-5-12-11(4)14(17)16(15-12)13-7-6-9(2)8-10(13)3/h6-8,11H,5H2,1-4H3. The summed E-state index contributed by atoms with van der Waals surface area (Å²) in [6, 6.07) is 6.06. The fraction of sp³-hybridized carbons (Fsp3) is 0.429. The second kappa shape index (κ2) is 4.32. The van der Waals surface area contributed by atoms with Crippen LogP contribution in [-0.2, 0) is 4.79 Å². The van der Waals surface area contributed by atoms with Gasteiger partial charge in [-0.15, -0.1) is 0 Å². The van der Waals surface area contributed by atoms with Crippen LogP contribution in [0.3, 0.4) is 0 Å². The van der Waals surface area contributed by atoms with E-state index < -0.39 is 0 Å². The van der Waals surface area contributed by atoms with Gasteiger partial charge in [-0.3, -0.25) is 4.79 Å². The summed E-state index contributed by atoms with van der Waals surface area (Å²) in [5.41, 5.74) is 4.16. The van der Waals surface area contributed by atoms with Gasteiger partial charge in [0.25, 0.3) is 5.91 Å². The monoisotopic (exact) mass is 230 g/mol. The Balaban J connectivity index is 2.41. The van der Waals surface area contributed by atoms with Crippen molar-refractivity contribution in [1.82, 2.24) is 0 Å². The van der Waals surface area contributed by atoms with Gasteiger partial charge in [-0.1, -0.05) is 24.6 Å². The van der Waals surface area contributed by atoms with E-state index >= 15 is 0 Å². The second-order valence-electron chi connectivity index (χ2n) is 4.61. The Bertz CT molecular complexity index is 491. The number of nitrogens with zero attached hydrogens (tertiary/aromatic N) is 2. The summed E-state index contributed by atoms with van der Waals surface area (Å²) in [4.78, 5) is 12.1. The van der Waals surface area contributed by atoms with Crippen LogP contribution < -0.4 is 5.01 Å². The number of hydrogen-bond acceptors (Lipinski definition) is 2. The Kier molecular flexibility index (Phi) is 3.01. The summed E-state index contributed by atoms with van der Waals surface area (Å²) in [7, 11) is 0. The van der Waals surface area contributed by atoms with Crippen molar-refractivity contribution in [2.45, 2.75) is 34.1 Å². The lowest BCUT2D eigenvalue weighted by atomic mass is 10.0. The molecule has 2 rings (SSSR count). The molecule has 1 amide bonds. The lowest BCUT2D eigenvalue weighted by Crippen LogP contribution is -2.25. The van der Waals surface area contributed by atoms with Crippen molar-refractivity contribution < 1.29 is 4.79 Å². The van der Waals surface area contributed by atoms with E-state index in [1.54, 1.807) is 5.01 Å². The van der Waals surface area contributed by atoms with E-state index in [1.165, 1.54) is 5.56 Å². The topological polar surface area (TPSA) is 32.7 Å². The molecule has 0 fully saturated rings. The van der Waals surface area contributed by atoms with Crippen LogP contribution in [0.4, 0.5) is 5.69 Å². The minimum atomic E-state index is -0.0827. The molecule has 1 atom stereocenters. The number of amides is 1. The molecule has 0 radical (unpaired) electrons. The maximum absolute atomic E-state index is 12.1. The van der Waals surface area contributed by atoms with Gasteiger partial charge in [0.15, 0.2) is 0 Å². The normalized spacial score (nSPS) is 19.8. The van der Waals surface area contributed by atoms with Crippen molar-refractivity contribution in [3.8, 4) is 0 Å². The van der Waals surface area contributed by atoms with Gasteiger partial charge in [0.1, 0.15) is 0 Å². The molecule has 1 unspecified atom stereocenters. The fourth-order valence-electron chi connectivity index (χ4n) is 2.18. The van der Waals surface area contributed by atoms with E-state index in [9.17, 15) is 4.79 Å². The highest BCUT2D eigenvalue weighted by Crippen LogP contribution is 2.28. The van der Waals surface area contributed by atoms with Crippen molar-refractivity contribution in [3.63, 3.8) is 0 Å². The minimum Gasteiger partial charge on any atom is -0.272 e. The highest BCUT2D eigenvalue weighted by Gasteiger charge is 2.32. The SMILES string of the molecule is CCC1=NN(c2ccc(C)cc2C)C(=O)C1C. The summed E-state index contributed by atoms with van der Waals surface area (Å²) in [5, 5.41) is 5.98. The summed E-state index contributed by atoms with van der Waals surface area (Å²) in [6.45, 7) is 8.02. The third kappa shape index (κ3) is 1.97. The lowest BCUT2D eigenvalue weighted by Gasteiger charge is -2.15. The number of aryl methyl sites for hydroxylation is 2. The maximum atomic E-state index is 12.1. The van der Waals surface area contributed by atoms with Gasteiger partial charge < -0.3 is 0 Å². The van der Waals surface area contributed by atoms with Crippen LogP contribution in [0.2, 0.25) is 0 Å². The molecular weight excluding hydrogens is 212 g/mol. The van der Waals surface area contributed by atoms with E-state index in [4.69, 9.17) is 0 Å². The molecule has 0 aliphatic carbocycles. The van der Waals surface area contributed by atoms with Crippen molar-refractivity contribution in [2.75, 3.05) is 5.01 Å². The van der Waals surface area contributed by atoms with E-state index in [0.717, 1.165) is 23.4 Å². The van der Waals surface area contributed by atoms with E-state index in [2.05, 4.69) is 11.2 Å². The van der Waals surface area contributed by atoms with Gasteiger partial charge in [-0.2, -0.15) is 10.1 Å². The Labute approximate surface area is 102 Å². The highest BCUT2D eigenvalue weighted by atomic mass is 16.2. The molecule has 17 heavy (non-hydrogen) atoms. The molecule has 1 aliphatic heterocycles. The Morgan fingerprint density at radius 1 is 1.35 bits per heavy atom. The first-order chi connectivity index (χ1) is 8.04. The first-order valence-corrected chi connectivity index (χ1v) is 6.03. The first-order valence-electron chi connectivity index (χ1n) is 6.03. The molecule has 0 saturated heterocycles. The van der Waals surface area contributed by atoms with Gasteiger partial charge in [0.05, 0.1) is 17.3 Å². The predicted molar refractivity (Wildman–Crippen MR) is 70.3 cm³/mol. The quantitative estimate of drug-likeness (QED) is 0.768. The van der Waals surface area contributed by atoms with Crippen LogP contribution in [0, 0.1) is 19.8 Å². The molecular formula is C14H18N2O. The average molecular weight is 230 g/mol. The van der Waals surface area contributed by atoms with Crippen molar-refractivity contribution in [2.24, 2.45) is 11.0 Å². The number of hydrazone groups is 1. The third-order valence-corrected chi connectivity index (χ3v) is 3.25. The second-order valence-corrected chi connectivity index (χ2v) is 4.61. The van der Waals surface area contributed by atoms with Crippen LogP contribution in [0.15, 0.2) is 23.3 Å². The van der Waals surface area contributed by atoms with E-state index in [-0.39, 0.29) is 11.8 Å². The van der Waals surface area contributed by atoms with Gasteiger partial charge in [0.2, 0.25) is 0 Å². The van der Waals surface area contributed by atoms with Crippen LogP contribution in [0.5, 0.6) is 0 Å². The smallest absolute Gasteiger partial charge is 0.255 e. The summed E-state index contributed by atoms with van der Waals surface area (Å²) in [5.74, 6) is -0.00509. The molecule has 1 aliphatic rings. The summed E-state index contributed by atoms with van der Waals surface area (Å²) >= 11 is 0. The van der Waals surface area contributed by atoms with E-state index in [1.807, 2.05) is 39.8 Å². The van der Waals surface area contributed by atoms with Crippen LogP contribution in [-0.4, -0.2) is 11.6 Å². The Morgan fingerprint density at radius 2 is 2.06 bits per heavy atom. The predicted octanol–water partition coefficient (Wildman–Crippen LogP) is 3.05. The molecule has 1 heterocycles. The third-order valence-electron chi connectivity index (χ3n) is 3.25. The molecule has 0 bridgehead atoms. The number of benzene rings is 1. The Hall–Kier alpha value is -1.64. The van der Waals surface area contributed by atoms with Gasteiger partial charge in [0, 0.05) is 0 Å². The van der Waals surface area contributed by atoms with Gasteiger partial charge in [-0.25, -0.2) is 0 Å². The van der Waals surface area contributed by atoms with Crippen LogP contribution in [0.1, 0.15) is 31.4 Å². The number of hydrogen-bond donors (Lipinski definition) is 0. The average Bonchev–Trinajstić information content (AvgIpc) is 2.57. The van der Waals surface area contributed by atoms with Crippen molar-refractivity contribution >= 4 is 17.3 Å². The minimum absolute atomic E-state index is 0.0776. The molecule has 0 spiro atoms. The van der Waals surface area contributed by atoms with Crippen LogP contribution >= 0.6 is 0 Å². The zero-order chi connectivity index (χ0) is 12.6. The zero-order valence-corrected chi connectivity index (χ0v) is 10.8. The largest absolute Gasteiger partial charge is 0.272 e. The number of carbonyl (C=O) groups excluding carboxylic acids is 1. The molecule has 0 saturated carbocycles. The van der Waals surface area contributed by atoms with Gasteiger partial charge >= 0.3 is 0 Å². The number of rotatable bonds is 2.